The van der Waals surface area contributed by atoms with Gasteiger partial charge in [-0.25, -0.2) is 0 Å². The Labute approximate surface area is 92.4 Å². The number of nitrogens with zero attached hydrogens (tertiary/aromatic N) is 2. The van der Waals surface area contributed by atoms with Crippen LogP contribution in [0.25, 0.3) is 0 Å². The number of unbranched alkanes of at least 4 members (excludes halogenated alkanes) is 1. The predicted molar refractivity (Wildman–Crippen MR) is 61.8 cm³/mol. The SMILES string of the molecule is CCCCN(CC)Cc1c(C)noc1C. The summed E-state index contributed by atoms with van der Waals surface area (Å²) in [5.41, 5.74) is 2.29. The van der Waals surface area contributed by atoms with E-state index in [2.05, 4.69) is 23.9 Å². The lowest BCUT2D eigenvalue weighted by Crippen LogP contribution is -2.24. The lowest BCUT2D eigenvalue weighted by molar-refractivity contribution is 0.273. The third-order valence-corrected chi connectivity index (χ3v) is 2.84. The van der Waals surface area contributed by atoms with Crippen LogP contribution in [-0.4, -0.2) is 23.1 Å². The maximum Gasteiger partial charge on any atom is 0.138 e. The minimum Gasteiger partial charge on any atom is -0.361 e. The molecule has 0 aliphatic heterocycles. The van der Waals surface area contributed by atoms with Crippen molar-refractivity contribution in [3.05, 3.63) is 17.0 Å². The molecular formula is C12H22N2O. The van der Waals surface area contributed by atoms with Crippen molar-refractivity contribution < 1.29 is 4.52 Å². The van der Waals surface area contributed by atoms with Gasteiger partial charge >= 0.3 is 0 Å². The van der Waals surface area contributed by atoms with Crippen LogP contribution < -0.4 is 0 Å². The topological polar surface area (TPSA) is 29.3 Å². The molecule has 3 heteroatoms. The highest BCUT2D eigenvalue weighted by Gasteiger charge is 2.12. The summed E-state index contributed by atoms with van der Waals surface area (Å²) in [5, 5.41) is 3.98. The van der Waals surface area contributed by atoms with Gasteiger partial charge in [0.1, 0.15) is 5.76 Å². The molecule has 1 aromatic rings. The molecule has 3 nitrogen and oxygen atoms in total. The van der Waals surface area contributed by atoms with E-state index in [0.717, 1.165) is 31.1 Å². The lowest BCUT2D eigenvalue weighted by Gasteiger charge is -2.19. The van der Waals surface area contributed by atoms with Gasteiger partial charge in [-0.05, 0) is 33.4 Å². The second-order valence-electron chi connectivity index (χ2n) is 4.03. The first-order valence-corrected chi connectivity index (χ1v) is 5.83. The Bertz CT molecular complexity index is 274. The molecule has 0 amide bonds. The second-order valence-corrected chi connectivity index (χ2v) is 4.03. The molecule has 0 saturated carbocycles. The fraction of sp³-hybridized carbons (Fsp3) is 0.750. The first-order valence-electron chi connectivity index (χ1n) is 5.83. The van der Waals surface area contributed by atoms with Crippen molar-refractivity contribution >= 4 is 0 Å². The van der Waals surface area contributed by atoms with Gasteiger partial charge in [0.15, 0.2) is 0 Å². The number of hydrogen-bond donors (Lipinski definition) is 0. The van der Waals surface area contributed by atoms with Crippen molar-refractivity contribution in [3.63, 3.8) is 0 Å². The predicted octanol–water partition coefficient (Wildman–Crippen LogP) is 2.91. The molecule has 0 bridgehead atoms. The largest absolute Gasteiger partial charge is 0.361 e. The van der Waals surface area contributed by atoms with Crippen LogP contribution in [0.3, 0.4) is 0 Å². The van der Waals surface area contributed by atoms with Gasteiger partial charge in [0, 0.05) is 12.1 Å². The molecule has 0 fully saturated rings. The van der Waals surface area contributed by atoms with Gasteiger partial charge in [0.2, 0.25) is 0 Å². The summed E-state index contributed by atoms with van der Waals surface area (Å²) >= 11 is 0. The molecule has 0 unspecified atom stereocenters. The number of hydrogen-bond acceptors (Lipinski definition) is 3. The van der Waals surface area contributed by atoms with Gasteiger partial charge in [0.05, 0.1) is 5.69 Å². The van der Waals surface area contributed by atoms with Crippen LogP contribution in [-0.2, 0) is 6.54 Å². The maximum atomic E-state index is 5.17. The zero-order chi connectivity index (χ0) is 11.3. The van der Waals surface area contributed by atoms with E-state index in [-0.39, 0.29) is 0 Å². The van der Waals surface area contributed by atoms with E-state index in [4.69, 9.17) is 4.52 Å². The molecule has 0 spiro atoms. The van der Waals surface area contributed by atoms with Gasteiger partial charge in [-0.1, -0.05) is 25.4 Å². The molecule has 0 radical (unpaired) electrons. The van der Waals surface area contributed by atoms with Crippen molar-refractivity contribution in [1.29, 1.82) is 0 Å². The maximum absolute atomic E-state index is 5.17. The van der Waals surface area contributed by atoms with E-state index in [9.17, 15) is 0 Å². The van der Waals surface area contributed by atoms with Crippen molar-refractivity contribution in [1.82, 2.24) is 10.1 Å². The Hall–Kier alpha value is -0.830. The van der Waals surface area contributed by atoms with Crippen molar-refractivity contribution in [2.24, 2.45) is 0 Å². The molecule has 86 valence electrons. The molecule has 0 aromatic carbocycles. The van der Waals surface area contributed by atoms with Gasteiger partial charge in [-0.3, -0.25) is 4.90 Å². The van der Waals surface area contributed by atoms with Crippen molar-refractivity contribution in [2.45, 2.75) is 47.1 Å². The second kappa shape index (κ2) is 5.91. The Morgan fingerprint density at radius 2 is 2.00 bits per heavy atom. The van der Waals surface area contributed by atoms with Crippen LogP contribution in [0.5, 0.6) is 0 Å². The summed E-state index contributed by atoms with van der Waals surface area (Å²) in [6.45, 7) is 11.7. The summed E-state index contributed by atoms with van der Waals surface area (Å²) in [7, 11) is 0. The van der Waals surface area contributed by atoms with Gasteiger partial charge in [-0.2, -0.15) is 0 Å². The van der Waals surface area contributed by atoms with Gasteiger partial charge in [0.25, 0.3) is 0 Å². The number of aromatic nitrogens is 1. The van der Waals surface area contributed by atoms with Crippen LogP contribution in [0.2, 0.25) is 0 Å². The smallest absolute Gasteiger partial charge is 0.138 e. The van der Waals surface area contributed by atoms with Crippen molar-refractivity contribution in [2.75, 3.05) is 13.1 Å². The van der Waals surface area contributed by atoms with Gasteiger partial charge in [-0.15, -0.1) is 0 Å². The summed E-state index contributed by atoms with van der Waals surface area (Å²) in [4.78, 5) is 2.44. The molecule has 0 saturated heterocycles. The summed E-state index contributed by atoms with van der Waals surface area (Å²) in [5.74, 6) is 0.961. The van der Waals surface area contributed by atoms with Crippen LogP contribution in [0.4, 0.5) is 0 Å². The minimum absolute atomic E-state index is 0.961. The normalized spacial score (nSPS) is 11.3. The quantitative estimate of drug-likeness (QED) is 0.723. The average Bonchev–Trinajstić information content (AvgIpc) is 2.55. The fourth-order valence-electron chi connectivity index (χ4n) is 1.68. The molecule has 0 aliphatic rings. The highest BCUT2D eigenvalue weighted by atomic mass is 16.5. The summed E-state index contributed by atoms with van der Waals surface area (Å²) < 4.78 is 5.17. The summed E-state index contributed by atoms with van der Waals surface area (Å²) in [6, 6.07) is 0. The van der Waals surface area contributed by atoms with E-state index in [1.165, 1.54) is 18.4 Å². The molecule has 1 rings (SSSR count). The van der Waals surface area contributed by atoms with E-state index < -0.39 is 0 Å². The zero-order valence-corrected chi connectivity index (χ0v) is 10.3. The first-order chi connectivity index (χ1) is 7.19. The molecular weight excluding hydrogens is 188 g/mol. The first kappa shape index (κ1) is 12.2. The fourth-order valence-corrected chi connectivity index (χ4v) is 1.68. The minimum atomic E-state index is 0.961. The van der Waals surface area contributed by atoms with E-state index >= 15 is 0 Å². The number of aryl methyl sites for hydroxylation is 2. The average molecular weight is 210 g/mol. The standard InChI is InChI=1S/C12H22N2O/c1-5-7-8-14(6-2)9-12-10(3)13-15-11(12)4/h5-9H2,1-4H3. The Kier molecular flexibility index (Phi) is 4.82. The van der Waals surface area contributed by atoms with Crippen LogP contribution in [0, 0.1) is 13.8 Å². The highest BCUT2D eigenvalue weighted by molar-refractivity contribution is 5.20. The van der Waals surface area contributed by atoms with Crippen molar-refractivity contribution in [3.8, 4) is 0 Å². The summed E-state index contributed by atoms with van der Waals surface area (Å²) in [6.07, 6.45) is 2.51. The van der Waals surface area contributed by atoms with Gasteiger partial charge < -0.3 is 4.52 Å². The Balaban J connectivity index is 2.58. The van der Waals surface area contributed by atoms with E-state index in [1.54, 1.807) is 0 Å². The molecule has 1 aromatic heterocycles. The van der Waals surface area contributed by atoms with Crippen LogP contribution >= 0.6 is 0 Å². The third kappa shape index (κ3) is 3.34. The molecule has 0 atom stereocenters. The van der Waals surface area contributed by atoms with E-state index in [0.29, 0.717) is 0 Å². The zero-order valence-electron chi connectivity index (χ0n) is 10.3. The molecule has 1 heterocycles. The van der Waals surface area contributed by atoms with Crippen LogP contribution in [0.1, 0.15) is 43.7 Å². The van der Waals surface area contributed by atoms with Crippen LogP contribution in [0.15, 0.2) is 4.52 Å². The molecule has 0 aliphatic carbocycles. The number of rotatable bonds is 6. The highest BCUT2D eigenvalue weighted by Crippen LogP contribution is 2.15. The lowest BCUT2D eigenvalue weighted by atomic mass is 10.2. The Morgan fingerprint density at radius 3 is 2.47 bits per heavy atom. The molecule has 0 N–H and O–H groups in total. The monoisotopic (exact) mass is 210 g/mol. The Morgan fingerprint density at radius 1 is 1.27 bits per heavy atom. The third-order valence-electron chi connectivity index (χ3n) is 2.84. The molecule has 15 heavy (non-hydrogen) atoms. The van der Waals surface area contributed by atoms with E-state index in [1.807, 2.05) is 13.8 Å².